The minimum Gasteiger partial charge on any atom is -0.481 e. The number of benzene rings is 1. The molecule has 1 aliphatic rings. The predicted molar refractivity (Wildman–Crippen MR) is 89.1 cm³/mol. The second-order valence-electron chi connectivity index (χ2n) is 6.37. The Labute approximate surface area is 136 Å². The van der Waals surface area contributed by atoms with E-state index in [1.165, 1.54) is 5.56 Å². The Morgan fingerprint density at radius 3 is 2.70 bits per heavy atom. The highest BCUT2D eigenvalue weighted by atomic mass is 16.4. The number of rotatable bonds is 4. The van der Waals surface area contributed by atoms with Crippen molar-refractivity contribution in [1.82, 2.24) is 4.90 Å². The standard InChI is InChI=1S/C19H23NO3/c1-14-4-6-15(7-5-14)18-9-8-17(23-18)13-20-11-2-3-16(10-12-20)19(21)22/h4-9,16H,2-3,10-13H2,1H3,(H,21,22). The molecule has 23 heavy (non-hydrogen) atoms. The molecule has 2 heterocycles. The number of furan rings is 1. The van der Waals surface area contributed by atoms with Gasteiger partial charge in [0.2, 0.25) is 0 Å². The summed E-state index contributed by atoms with van der Waals surface area (Å²) in [5, 5.41) is 9.15. The zero-order valence-electron chi connectivity index (χ0n) is 13.5. The summed E-state index contributed by atoms with van der Waals surface area (Å²) in [6.07, 6.45) is 2.43. The summed E-state index contributed by atoms with van der Waals surface area (Å²) >= 11 is 0. The Kier molecular flexibility index (Phi) is 4.82. The minimum absolute atomic E-state index is 0.195. The van der Waals surface area contributed by atoms with Gasteiger partial charge in [0.15, 0.2) is 0 Å². The molecule has 1 atom stereocenters. The smallest absolute Gasteiger partial charge is 0.306 e. The summed E-state index contributed by atoms with van der Waals surface area (Å²) in [5.41, 5.74) is 2.32. The van der Waals surface area contributed by atoms with E-state index in [4.69, 9.17) is 9.52 Å². The van der Waals surface area contributed by atoms with Gasteiger partial charge in [-0.3, -0.25) is 9.69 Å². The van der Waals surface area contributed by atoms with Gasteiger partial charge in [-0.15, -0.1) is 0 Å². The second kappa shape index (κ2) is 7.01. The van der Waals surface area contributed by atoms with Crippen molar-refractivity contribution < 1.29 is 14.3 Å². The highest BCUT2D eigenvalue weighted by molar-refractivity contribution is 5.69. The normalized spacial score (nSPS) is 19.4. The van der Waals surface area contributed by atoms with Gasteiger partial charge in [0.05, 0.1) is 12.5 Å². The van der Waals surface area contributed by atoms with Crippen LogP contribution in [0, 0.1) is 12.8 Å². The molecule has 122 valence electrons. The van der Waals surface area contributed by atoms with E-state index >= 15 is 0 Å². The van der Waals surface area contributed by atoms with E-state index in [9.17, 15) is 4.79 Å². The average molecular weight is 313 g/mol. The van der Waals surface area contributed by atoms with Crippen molar-refractivity contribution in [3.8, 4) is 11.3 Å². The predicted octanol–water partition coefficient (Wildman–Crippen LogP) is 3.94. The van der Waals surface area contributed by atoms with Crippen LogP contribution >= 0.6 is 0 Å². The molecule has 0 saturated carbocycles. The quantitative estimate of drug-likeness (QED) is 0.929. The topological polar surface area (TPSA) is 53.7 Å². The molecular formula is C19H23NO3. The number of hydrogen-bond acceptors (Lipinski definition) is 3. The molecule has 1 fully saturated rings. The maximum absolute atomic E-state index is 11.1. The van der Waals surface area contributed by atoms with Crippen LogP contribution < -0.4 is 0 Å². The molecule has 1 aromatic carbocycles. The maximum atomic E-state index is 11.1. The fraction of sp³-hybridized carbons (Fsp3) is 0.421. The van der Waals surface area contributed by atoms with Crippen molar-refractivity contribution in [2.45, 2.75) is 32.7 Å². The van der Waals surface area contributed by atoms with Crippen LogP contribution in [0.3, 0.4) is 0 Å². The van der Waals surface area contributed by atoms with E-state index in [-0.39, 0.29) is 5.92 Å². The van der Waals surface area contributed by atoms with Crippen molar-refractivity contribution in [2.75, 3.05) is 13.1 Å². The van der Waals surface area contributed by atoms with Crippen LogP contribution in [0.4, 0.5) is 0 Å². The van der Waals surface area contributed by atoms with Crippen molar-refractivity contribution in [3.05, 3.63) is 47.7 Å². The molecule has 1 saturated heterocycles. The van der Waals surface area contributed by atoms with Crippen LogP contribution in [0.2, 0.25) is 0 Å². The Morgan fingerprint density at radius 2 is 1.96 bits per heavy atom. The number of carbonyl (C=O) groups is 1. The number of aliphatic carboxylic acids is 1. The summed E-state index contributed by atoms with van der Waals surface area (Å²) in [5.74, 6) is 0.971. The molecule has 4 heteroatoms. The summed E-state index contributed by atoms with van der Waals surface area (Å²) in [4.78, 5) is 13.4. The largest absolute Gasteiger partial charge is 0.481 e. The molecule has 0 amide bonds. The summed E-state index contributed by atoms with van der Waals surface area (Å²) in [6, 6.07) is 12.3. The third kappa shape index (κ3) is 4.02. The molecular weight excluding hydrogens is 290 g/mol. The molecule has 3 rings (SSSR count). The van der Waals surface area contributed by atoms with Gasteiger partial charge in [-0.1, -0.05) is 29.8 Å². The number of likely N-dealkylation sites (tertiary alicyclic amines) is 1. The first-order valence-corrected chi connectivity index (χ1v) is 8.23. The van der Waals surface area contributed by atoms with Crippen LogP contribution in [0.25, 0.3) is 11.3 Å². The van der Waals surface area contributed by atoms with Crippen LogP contribution in [-0.2, 0) is 11.3 Å². The number of hydrogen-bond donors (Lipinski definition) is 1. The van der Waals surface area contributed by atoms with E-state index in [2.05, 4.69) is 36.1 Å². The van der Waals surface area contributed by atoms with E-state index < -0.39 is 5.97 Å². The number of carboxylic acids is 1. The lowest BCUT2D eigenvalue weighted by molar-refractivity contribution is -0.142. The maximum Gasteiger partial charge on any atom is 0.306 e. The Bertz CT molecular complexity index is 660. The Balaban J connectivity index is 1.62. The molecule has 4 nitrogen and oxygen atoms in total. The van der Waals surface area contributed by atoms with Gasteiger partial charge in [0.1, 0.15) is 11.5 Å². The lowest BCUT2D eigenvalue weighted by atomic mass is 10.0. The van der Waals surface area contributed by atoms with Crippen LogP contribution in [0.1, 0.15) is 30.6 Å². The van der Waals surface area contributed by atoms with Crippen molar-refractivity contribution in [1.29, 1.82) is 0 Å². The molecule has 1 aliphatic heterocycles. The third-order valence-electron chi connectivity index (χ3n) is 4.55. The number of nitrogens with zero attached hydrogens (tertiary/aromatic N) is 1. The zero-order valence-corrected chi connectivity index (χ0v) is 13.5. The van der Waals surface area contributed by atoms with Crippen molar-refractivity contribution >= 4 is 5.97 Å². The van der Waals surface area contributed by atoms with Gasteiger partial charge in [0, 0.05) is 5.56 Å². The molecule has 0 aliphatic carbocycles. The first kappa shape index (κ1) is 15.8. The molecule has 1 unspecified atom stereocenters. The zero-order chi connectivity index (χ0) is 16.2. The number of aryl methyl sites for hydroxylation is 1. The second-order valence-corrected chi connectivity index (χ2v) is 6.37. The van der Waals surface area contributed by atoms with E-state index in [1.807, 2.05) is 12.1 Å². The first-order valence-electron chi connectivity index (χ1n) is 8.23. The lowest BCUT2D eigenvalue weighted by Crippen LogP contribution is -2.24. The van der Waals surface area contributed by atoms with Gasteiger partial charge in [-0.05, 0) is 51.4 Å². The summed E-state index contributed by atoms with van der Waals surface area (Å²) < 4.78 is 5.97. The number of carboxylic acid groups (broad SMARTS) is 1. The summed E-state index contributed by atoms with van der Waals surface area (Å²) in [7, 11) is 0. The highest BCUT2D eigenvalue weighted by Crippen LogP contribution is 2.24. The molecule has 1 N–H and O–H groups in total. The molecule has 0 bridgehead atoms. The van der Waals surface area contributed by atoms with E-state index in [1.54, 1.807) is 0 Å². The third-order valence-corrected chi connectivity index (χ3v) is 4.55. The van der Waals surface area contributed by atoms with Crippen molar-refractivity contribution in [3.63, 3.8) is 0 Å². The fourth-order valence-electron chi connectivity index (χ4n) is 3.12. The first-order chi connectivity index (χ1) is 11.1. The Morgan fingerprint density at radius 1 is 1.17 bits per heavy atom. The van der Waals surface area contributed by atoms with Crippen LogP contribution in [0.15, 0.2) is 40.8 Å². The summed E-state index contributed by atoms with van der Waals surface area (Å²) in [6.45, 7) is 4.57. The van der Waals surface area contributed by atoms with Crippen LogP contribution in [0.5, 0.6) is 0 Å². The van der Waals surface area contributed by atoms with Gasteiger partial charge in [-0.2, -0.15) is 0 Å². The SMILES string of the molecule is Cc1ccc(-c2ccc(CN3CCCC(C(=O)O)CC3)o2)cc1. The van der Waals surface area contributed by atoms with Crippen molar-refractivity contribution in [2.24, 2.45) is 5.92 Å². The Hall–Kier alpha value is -2.07. The molecule has 0 spiro atoms. The van der Waals surface area contributed by atoms with Gasteiger partial charge in [0.25, 0.3) is 0 Å². The van der Waals surface area contributed by atoms with E-state index in [0.29, 0.717) is 0 Å². The lowest BCUT2D eigenvalue weighted by Gasteiger charge is -2.18. The van der Waals surface area contributed by atoms with Gasteiger partial charge in [-0.25, -0.2) is 0 Å². The minimum atomic E-state index is -0.661. The molecule has 2 aromatic rings. The van der Waals surface area contributed by atoms with Crippen LogP contribution in [-0.4, -0.2) is 29.1 Å². The van der Waals surface area contributed by atoms with Gasteiger partial charge >= 0.3 is 5.97 Å². The fourth-order valence-corrected chi connectivity index (χ4v) is 3.12. The average Bonchev–Trinajstić information content (AvgIpc) is 2.86. The van der Waals surface area contributed by atoms with E-state index in [0.717, 1.165) is 56.0 Å². The van der Waals surface area contributed by atoms with Gasteiger partial charge < -0.3 is 9.52 Å². The molecule has 0 radical (unpaired) electrons. The highest BCUT2D eigenvalue weighted by Gasteiger charge is 2.22. The monoisotopic (exact) mass is 313 g/mol. The molecule has 1 aromatic heterocycles.